The summed E-state index contributed by atoms with van der Waals surface area (Å²) in [6, 6.07) is 4.72. The molecule has 0 aliphatic carbocycles. The van der Waals surface area contributed by atoms with Gasteiger partial charge in [-0.3, -0.25) is 0 Å². The Hall–Kier alpha value is -2.74. The van der Waals surface area contributed by atoms with E-state index in [4.69, 9.17) is 4.74 Å². The number of fused-ring (bicyclic) bond motifs is 1. The molecule has 0 bridgehead atoms. The molecule has 0 aliphatic rings. The third kappa shape index (κ3) is 3.00. The molecule has 0 saturated carbocycles. The van der Waals surface area contributed by atoms with Crippen LogP contribution in [-0.2, 0) is 6.54 Å². The van der Waals surface area contributed by atoms with E-state index >= 15 is 0 Å². The lowest BCUT2D eigenvalue weighted by Crippen LogP contribution is -2.10. The van der Waals surface area contributed by atoms with Crippen LogP contribution in [0.2, 0.25) is 0 Å². The lowest BCUT2D eigenvalue weighted by Gasteiger charge is -2.11. The van der Waals surface area contributed by atoms with Crippen LogP contribution in [-0.4, -0.2) is 53.1 Å². The number of anilines is 1. The van der Waals surface area contributed by atoms with Crippen LogP contribution >= 0.6 is 0 Å². The summed E-state index contributed by atoms with van der Waals surface area (Å²) < 4.78 is 21.3. The van der Waals surface area contributed by atoms with E-state index in [1.54, 1.807) is 23.9 Å². The summed E-state index contributed by atoms with van der Waals surface area (Å²) in [6.45, 7) is 0.673. The molecule has 0 unspecified atom stereocenters. The van der Waals surface area contributed by atoms with E-state index in [1.807, 2.05) is 25.2 Å². The van der Waals surface area contributed by atoms with Crippen LogP contribution in [0.4, 0.5) is 10.2 Å². The lowest BCUT2D eigenvalue weighted by atomic mass is 10.1. The van der Waals surface area contributed by atoms with Gasteiger partial charge in [-0.15, -0.1) is 5.10 Å². The van der Waals surface area contributed by atoms with Gasteiger partial charge in [-0.05, 0) is 26.2 Å². The highest BCUT2D eigenvalue weighted by Gasteiger charge is 2.14. The van der Waals surface area contributed by atoms with Crippen molar-refractivity contribution in [3.8, 4) is 11.4 Å². The number of ether oxygens (including phenoxy) is 1. The van der Waals surface area contributed by atoms with Crippen LogP contribution in [0.25, 0.3) is 16.6 Å². The van der Waals surface area contributed by atoms with E-state index in [1.165, 1.54) is 13.2 Å². The first kappa shape index (κ1) is 16.1. The number of hydrogen-bond acceptors (Lipinski definition) is 6. The Kier molecular flexibility index (Phi) is 4.30. The summed E-state index contributed by atoms with van der Waals surface area (Å²) in [6.07, 6.45) is 1.82. The average Bonchev–Trinajstić information content (AvgIpc) is 3.01. The number of nitrogens with one attached hydrogen (secondary N) is 1. The van der Waals surface area contributed by atoms with Gasteiger partial charge in [-0.25, -0.2) is 14.1 Å². The average molecular weight is 330 g/mol. The van der Waals surface area contributed by atoms with Gasteiger partial charge in [0.25, 0.3) is 0 Å². The quantitative estimate of drug-likeness (QED) is 0.772. The van der Waals surface area contributed by atoms with Crippen molar-refractivity contribution in [1.82, 2.24) is 24.9 Å². The van der Waals surface area contributed by atoms with Gasteiger partial charge in [0.2, 0.25) is 0 Å². The van der Waals surface area contributed by atoms with Gasteiger partial charge in [0, 0.05) is 25.0 Å². The van der Waals surface area contributed by atoms with Crippen molar-refractivity contribution in [2.45, 2.75) is 6.54 Å². The first-order chi connectivity index (χ1) is 11.5. The molecule has 8 heteroatoms. The molecule has 3 rings (SSSR count). The third-order valence-corrected chi connectivity index (χ3v) is 3.58. The largest absolute Gasteiger partial charge is 0.494 e. The summed E-state index contributed by atoms with van der Waals surface area (Å²) in [5.41, 5.74) is 1.99. The number of pyridine rings is 1. The summed E-state index contributed by atoms with van der Waals surface area (Å²) in [5, 5.41) is 11.5. The standard InChI is InChI=1S/C16H19FN6O/c1-18-16-6-12(17)11-5-15(24-4)14(7-13(11)19-16)23-9-10(20-21-23)8-22(2)3/h5-7,9H,8H2,1-4H3,(H,18,19). The van der Waals surface area contributed by atoms with E-state index in [0.717, 1.165) is 5.69 Å². The van der Waals surface area contributed by atoms with Crippen LogP contribution < -0.4 is 10.1 Å². The fourth-order valence-electron chi connectivity index (χ4n) is 2.48. The van der Waals surface area contributed by atoms with E-state index < -0.39 is 0 Å². The van der Waals surface area contributed by atoms with E-state index in [2.05, 4.69) is 20.6 Å². The molecule has 7 nitrogen and oxygen atoms in total. The van der Waals surface area contributed by atoms with Gasteiger partial charge in [-0.1, -0.05) is 5.21 Å². The highest BCUT2D eigenvalue weighted by Crippen LogP contribution is 2.30. The van der Waals surface area contributed by atoms with Crippen LogP contribution in [0.5, 0.6) is 5.75 Å². The Morgan fingerprint density at radius 1 is 1.29 bits per heavy atom. The molecular weight excluding hydrogens is 311 g/mol. The molecule has 2 heterocycles. The van der Waals surface area contributed by atoms with E-state index in [9.17, 15) is 4.39 Å². The molecule has 0 aliphatic heterocycles. The minimum Gasteiger partial charge on any atom is -0.494 e. The highest BCUT2D eigenvalue weighted by atomic mass is 19.1. The number of aromatic nitrogens is 4. The molecule has 126 valence electrons. The molecule has 0 saturated heterocycles. The fraction of sp³-hybridized carbons (Fsp3) is 0.312. The Morgan fingerprint density at radius 3 is 2.75 bits per heavy atom. The third-order valence-electron chi connectivity index (χ3n) is 3.58. The van der Waals surface area contributed by atoms with Gasteiger partial charge in [0.1, 0.15) is 23.1 Å². The summed E-state index contributed by atoms with van der Waals surface area (Å²) in [5.74, 6) is 0.603. The molecule has 0 amide bonds. The summed E-state index contributed by atoms with van der Waals surface area (Å²) >= 11 is 0. The highest BCUT2D eigenvalue weighted by molar-refractivity contribution is 5.85. The zero-order chi connectivity index (χ0) is 17.3. The van der Waals surface area contributed by atoms with Gasteiger partial charge >= 0.3 is 0 Å². The molecule has 0 fully saturated rings. The van der Waals surface area contributed by atoms with Crippen molar-refractivity contribution in [3.05, 3.63) is 35.9 Å². The van der Waals surface area contributed by atoms with Crippen molar-refractivity contribution in [2.75, 3.05) is 33.6 Å². The van der Waals surface area contributed by atoms with Gasteiger partial charge in [0.05, 0.1) is 24.5 Å². The number of nitrogens with zero attached hydrogens (tertiary/aromatic N) is 5. The Balaban J connectivity index is 2.14. The number of hydrogen-bond donors (Lipinski definition) is 1. The molecule has 1 N–H and O–H groups in total. The Bertz CT molecular complexity index is 876. The monoisotopic (exact) mass is 330 g/mol. The minimum atomic E-state index is -0.360. The Morgan fingerprint density at radius 2 is 2.08 bits per heavy atom. The molecule has 24 heavy (non-hydrogen) atoms. The first-order valence-electron chi connectivity index (χ1n) is 7.44. The molecular formula is C16H19FN6O. The zero-order valence-corrected chi connectivity index (χ0v) is 14.0. The number of halogens is 1. The second-order valence-electron chi connectivity index (χ2n) is 5.67. The van der Waals surface area contributed by atoms with E-state index in [-0.39, 0.29) is 5.82 Å². The number of benzene rings is 1. The van der Waals surface area contributed by atoms with Crippen molar-refractivity contribution in [3.63, 3.8) is 0 Å². The SMILES string of the molecule is CNc1cc(F)c2cc(OC)c(-n3cc(CN(C)C)nn3)cc2n1. The lowest BCUT2D eigenvalue weighted by molar-refractivity contribution is 0.396. The van der Waals surface area contributed by atoms with Crippen molar-refractivity contribution in [2.24, 2.45) is 0 Å². The van der Waals surface area contributed by atoms with Crippen molar-refractivity contribution in [1.29, 1.82) is 0 Å². The first-order valence-corrected chi connectivity index (χ1v) is 7.44. The molecule has 0 spiro atoms. The predicted molar refractivity (Wildman–Crippen MR) is 90.1 cm³/mol. The fourth-order valence-corrected chi connectivity index (χ4v) is 2.48. The Labute approximate surface area is 139 Å². The van der Waals surface area contributed by atoms with Crippen LogP contribution in [0.3, 0.4) is 0 Å². The number of methoxy groups -OCH3 is 1. The molecule has 3 aromatic rings. The van der Waals surface area contributed by atoms with Gasteiger partial charge in [-0.2, -0.15) is 0 Å². The predicted octanol–water partition coefficient (Wildman–Crippen LogP) is 2.07. The molecule has 0 atom stereocenters. The maximum Gasteiger partial charge on any atom is 0.145 e. The zero-order valence-electron chi connectivity index (χ0n) is 14.0. The smallest absolute Gasteiger partial charge is 0.145 e. The van der Waals surface area contributed by atoms with Gasteiger partial charge < -0.3 is 15.0 Å². The van der Waals surface area contributed by atoms with Gasteiger partial charge in [0.15, 0.2) is 0 Å². The van der Waals surface area contributed by atoms with Crippen LogP contribution in [0, 0.1) is 5.82 Å². The maximum absolute atomic E-state index is 14.3. The summed E-state index contributed by atoms with van der Waals surface area (Å²) in [4.78, 5) is 6.40. The molecule has 1 aromatic carbocycles. The number of rotatable bonds is 5. The van der Waals surface area contributed by atoms with E-state index in [0.29, 0.717) is 34.7 Å². The van der Waals surface area contributed by atoms with Crippen LogP contribution in [0.15, 0.2) is 24.4 Å². The van der Waals surface area contributed by atoms with Crippen LogP contribution in [0.1, 0.15) is 5.69 Å². The second-order valence-corrected chi connectivity index (χ2v) is 5.67. The summed E-state index contributed by atoms with van der Waals surface area (Å²) in [7, 11) is 7.15. The van der Waals surface area contributed by atoms with Crippen molar-refractivity contribution >= 4 is 16.7 Å². The van der Waals surface area contributed by atoms with Crippen molar-refractivity contribution < 1.29 is 9.13 Å². The topological polar surface area (TPSA) is 68.1 Å². The maximum atomic E-state index is 14.3. The molecule has 2 aromatic heterocycles. The molecule has 0 radical (unpaired) electrons. The minimum absolute atomic E-state index is 0.360. The normalized spacial score (nSPS) is 11.2. The second kappa shape index (κ2) is 6.40.